The number of nitrogens with zero attached hydrogens (tertiary/aromatic N) is 3. The monoisotopic (exact) mass is 801 g/mol. The zero-order valence-corrected chi connectivity index (χ0v) is 33.0. The molecule has 0 unspecified atom stereocenters. The maximum atomic E-state index is 14.6. The van der Waals surface area contributed by atoms with E-state index < -0.39 is 84.4 Å². The molecule has 0 radical (unpaired) electrons. The largest absolute Gasteiger partial charge is 0.461 e. The van der Waals surface area contributed by atoms with Gasteiger partial charge in [0.25, 0.3) is 0 Å². The van der Waals surface area contributed by atoms with Crippen LogP contribution in [0.1, 0.15) is 63.5 Å². The lowest BCUT2D eigenvalue weighted by Gasteiger charge is -2.39. The second kappa shape index (κ2) is 17.3. The van der Waals surface area contributed by atoms with E-state index in [4.69, 9.17) is 14.2 Å². The minimum absolute atomic E-state index is 0.0429. The highest BCUT2D eigenvalue weighted by molar-refractivity contribution is 5.98. The zero-order chi connectivity index (χ0) is 41.1. The third-order valence-electron chi connectivity index (χ3n) is 11.5. The molecule has 0 spiro atoms. The Kier molecular flexibility index (Phi) is 12.0. The Morgan fingerprint density at radius 2 is 1.59 bits per heavy atom. The van der Waals surface area contributed by atoms with Crippen LogP contribution in [0.3, 0.4) is 0 Å². The SMILES string of the molecule is Cc1cccc(C[C@H](NC(=O)Nc2ccc3c(c2)OCO3)C(=O)N[C@H]2COC(=O)[C@@H]3C[C@@H](C)CN3C(=O)[C@H](C)NC(=O)[C@@H]3CCCCN3C(=O)[C@@H]3CCCN3C2=O)c1. The summed E-state index contributed by atoms with van der Waals surface area (Å²) in [6, 6.07) is 5.19. The van der Waals surface area contributed by atoms with Crippen LogP contribution >= 0.6 is 0 Å². The third-order valence-corrected chi connectivity index (χ3v) is 11.5. The summed E-state index contributed by atoms with van der Waals surface area (Å²) in [6.45, 7) is 5.57. The molecule has 310 valence electrons. The van der Waals surface area contributed by atoms with Crippen molar-refractivity contribution in [3.05, 3.63) is 53.6 Å². The molecule has 2 aromatic rings. The van der Waals surface area contributed by atoms with E-state index in [9.17, 15) is 33.6 Å². The third kappa shape index (κ3) is 8.82. The van der Waals surface area contributed by atoms with E-state index >= 15 is 0 Å². The van der Waals surface area contributed by atoms with E-state index in [0.29, 0.717) is 62.3 Å². The lowest BCUT2D eigenvalue weighted by molar-refractivity contribution is -0.158. The Labute approximate surface area is 336 Å². The molecule has 0 aliphatic carbocycles. The summed E-state index contributed by atoms with van der Waals surface area (Å²) < 4.78 is 16.5. The Morgan fingerprint density at radius 3 is 2.40 bits per heavy atom. The topological polar surface area (TPSA) is 205 Å². The minimum atomic E-state index is -1.46. The molecule has 4 N–H and O–H groups in total. The van der Waals surface area contributed by atoms with Crippen LogP contribution in [0, 0.1) is 12.8 Å². The maximum Gasteiger partial charge on any atom is 0.328 e. The molecule has 5 aliphatic heterocycles. The number of anilines is 1. The molecular formula is C41H51N7O10. The number of aryl methyl sites for hydroxylation is 1. The summed E-state index contributed by atoms with van der Waals surface area (Å²) in [7, 11) is 0. The molecule has 0 saturated carbocycles. The Hall–Kier alpha value is -5.87. The van der Waals surface area contributed by atoms with Crippen molar-refractivity contribution in [3.8, 4) is 11.5 Å². The van der Waals surface area contributed by atoms with Crippen LogP contribution in [0.15, 0.2) is 42.5 Å². The standard InChI is InChI=1S/C41H51N7O10/c1-23-8-6-9-26(16-23)18-28(45-41(55)43-27-12-13-33-34(19-27)58-22-57-33)35(49)44-29-21-56-40(54)32-17-24(2)20-48(32)37(51)25(3)42-36(50)30-10-4-5-14-46(30)39(53)31-11-7-15-47(31)38(29)52/h6,8-9,12-13,16,19,24-25,28-32H,4-5,7,10-11,14-15,17-18,20-22H2,1-3H3,(H,42,50)(H,44,49)(H2,43,45,55)/t24-,25+,28+,29+,30+,31+,32+/m1/s1. The van der Waals surface area contributed by atoms with Crippen molar-refractivity contribution in [1.29, 1.82) is 0 Å². The van der Waals surface area contributed by atoms with Crippen LogP contribution in [-0.2, 0) is 39.9 Å². The first-order valence-electron chi connectivity index (χ1n) is 20.1. The van der Waals surface area contributed by atoms with Crippen molar-refractivity contribution in [2.45, 2.75) is 102 Å². The predicted molar refractivity (Wildman–Crippen MR) is 207 cm³/mol. The van der Waals surface area contributed by atoms with Crippen LogP contribution in [-0.4, -0.2) is 126 Å². The van der Waals surface area contributed by atoms with Crippen LogP contribution in [0.2, 0.25) is 0 Å². The van der Waals surface area contributed by atoms with Gasteiger partial charge in [0.15, 0.2) is 11.5 Å². The van der Waals surface area contributed by atoms with Crippen molar-refractivity contribution in [3.63, 3.8) is 0 Å². The predicted octanol–water partition coefficient (Wildman–Crippen LogP) is 1.61. The number of cyclic esters (lactones) is 1. The number of fused-ring (bicyclic) bond motifs is 4. The summed E-state index contributed by atoms with van der Waals surface area (Å²) in [4.78, 5) is 102. The van der Waals surface area contributed by atoms with Gasteiger partial charge in [0.2, 0.25) is 36.3 Å². The maximum absolute atomic E-state index is 14.6. The van der Waals surface area contributed by atoms with Gasteiger partial charge in [0.1, 0.15) is 42.9 Å². The highest BCUT2D eigenvalue weighted by atomic mass is 16.7. The average molecular weight is 802 g/mol. The normalized spacial score (nSPS) is 26.9. The summed E-state index contributed by atoms with van der Waals surface area (Å²) in [5, 5.41) is 11.0. The smallest absolute Gasteiger partial charge is 0.328 e. The second-order valence-corrected chi connectivity index (χ2v) is 15.9. The molecule has 0 aromatic heterocycles. The average Bonchev–Trinajstić information content (AvgIpc) is 3.98. The molecule has 17 nitrogen and oxygen atoms in total. The minimum Gasteiger partial charge on any atom is -0.461 e. The summed E-state index contributed by atoms with van der Waals surface area (Å²) in [6.07, 6.45) is 2.94. The van der Waals surface area contributed by atoms with E-state index in [1.165, 1.54) is 14.7 Å². The Balaban J connectivity index is 1.17. The molecule has 5 aliphatic rings. The van der Waals surface area contributed by atoms with Gasteiger partial charge < -0.3 is 50.2 Å². The zero-order valence-electron chi connectivity index (χ0n) is 33.0. The number of hydrogen-bond acceptors (Lipinski definition) is 10. The van der Waals surface area contributed by atoms with Crippen molar-refractivity contribution in [2.24, 2.45) is 5.92 Å². The van der Waals surface area contributed by atoms with Gasteiger partial charge in [-0.05, 0) is 76.0 Å². The number of rotatable bonds is 6. The number of nitrogens with one attached hydrogen (secondary N) is 4. The van der Waals surface area contributed by atoms with E-state index in [1.54, 1.807) is 25.1 Å². The van der Waals surface area contributed by atoms with Gasteiger partial charge in [-0.2, -0.15) is 0 Å². The fourth-order valence-electron chi connectivity index (χ4n) is 8.57. The number of urea groups is 1. The van der Waals surface area contributed by atoms with E-state index in [2.05, 4.69) is 21.3 Å². The van der Waals surface area contributed by atoms with E-state index in [0.717, 1.165) is 11.1 Å². The molecule has 58 heavy (non-hydrogen) atoms. The van der Waals surface area contributed by atoms with E-state index in [1.807, 2.05) is 38.1 Å². The highest BCUT2D eigenvalue weighted by Crippen LogP contribution is 2.34. The first-order valence-corrected chi connectivity index (χ1v) is 20.1. The summed E-state index contributed by atoms with van der Waals surface area (Å²) in [5.74, 6) is -2.56. The van der Waals surface area contributed by atoms with Crippen molar-refractivity contribution in [1.82, 2.24) is 30.7 Å². The summed E-state index contributed by atoms with van der Waals surface area (Å²) >= 11 is 0. The van der Waals surface area contributed by atoms with Gasteiger partial charge in [-0.1, -0.05) is 36.8 Å². The number of amides is 7. The molecule has 4 fully saturated rings. The second-order valence-electron chi connectivity index (χ2n) is 15.9. The van der Waals surface area contributed by atoms with Gasteiger partial charge in [0, 0.05) is 37.8 Å². The van der Waals surface area contributed by atoms with Crippen LogP contribution in [0.5, 0.6) is 11.5 Å². The molecular weight excluding hydrogens is 750 g/mol. The Morgan fingerprint density at radius 1 is 0.828 bits per heavy atom. The highest BCUT2D eigenvalue weighted by Gasteiger charge is 2.46. The molecule has 5 heterocycles. The number of piperidine rings is 1. The molecule has 7 rings (SSSR count). The first kappa shape index (κ1) is 40.3. The molecule has 17 heteroatoms. The Bertz CT molecular complexity index is 1960. The molecule has 4 saturated heterocycles. The van der Waals surface area contributed by atoms with Gasteiger partial charge >= 0.3 is 12.0 Å². The van der Waals surface area contributed by atoms with Crippen LogP contribution in [0.25, 0.3) is 0 Å². The molecule has 2 aromatic carbocycles. The lowest BCUT2D eigenvalue weighted by atomic mass is 9.99. The number of carbonyl (C=O) groups is 7. The molecule has 7 atom stereocenters. The van der Waals surface area contributed by atoms with Crippen molar-refractivity contribution < 1.29 is 47.8 Å². The van der Waals surface area contributed by atoms with Crippen molar-refractivity contribution in [2.75, 3.05) is 38.4 Å². The van der Waals surface area contributed by atoms with Crippen molar-refractivity contribution >= 4 is 47.2 Å². The van der Waals surface area contributed by atoms with Crippen LogP contribution < -0.4 is 30.7 Å². The number of benzene rings is 2. The summed E-state index contributed by atoms with van der Waals surface area (Å²) in [5.41, 5.74) is 2.05. The number of hydrogen-bond donors (Lipinski definition) is 4. The number of esters is 1. The fourth-order valence-corrected chi connectivity index (χ4v) is 8.57. The van der Waals surface area contributed by atoms with Gasteiger partial charge in [0.05, 0.1) is 0 Å². The quantitative estimate of drug-likeness (QED) is 0.311. The molecule has 0 bridgehead atoms. The van der Waals surface area contributed by atoms with Gasteiger partial charge in [-0.25, -0.2) is 9.59 Å². The van der Waals surface area contributed by atoms with Gasteiger partial charge in [-0.3, -0.25) is 24.0 Å². The fraction of sp³-hybridized carbons (Fsp3) is 0.537. The lowest BCUT2D eigenvalue weighted by Crippen LogP contribution is -2.62. The van der Waals surface area contributed by atoms with E-state index in [-0.39, 0.29) is 32.2 Å². The number of ether oxygens (including phenoxy) is 3. The molecule has 7 amide bonds. The first-order chi connectivity index (χ1) is 27.9. The number of carbonyl (C=O) groups excluding carboxylic acids is 7. The van der Waals surface area contributed by atoms with Crippen LogP contribution in [0.4, 0.5) is 10.5 Å². The van der Waals surface area contributed by atoms with Gasteiger partial charge in [-0.15, -0.1) is 0 Å².